The molecule has 1 atom stereocenters. The largest absolute Gasteiger partial charge is 0.348 e. The smallest absolute Gasteiger partial charge is 0.203 e. The van der Waals surface area contributed by atoms with Crippen LogP contribution in [0, 0.1) is 0 Å². The highest BCUT2D eigenvalue weighted by Gasteiger charge is 2.12. The van der Waals surface area contributed by atoms with Crippen LogP contribution in [-0.2, 0) is 6.54 Å². The van der Waals surface area contributed by atoms with E-state index < -0.39 is 0 Å². The highest BCUT2D eigenvalue weighted by Crippen LogP contribution is 2.25. The van der Waals surface area contributed by atoms with Crippen molar-refractivity contribution in [1.29, 1.82) is 0 Å². The summed E-state index contributed by atoms with van der Waals surface area (Å²) >= 11 is 1.80. The van der Waals surface area contributed by atoms with Crippen LogP contribution >= 0.6 is 11.3 Å². The Bertz CT molecular complexity index is 433. The number of aryl methyl sites for hydroxylation is 1. The Morgan fingerprint density at radius 3 is 3.00 bits per heavy atom. The number of imidazole rings is 1. The summed E-state index contributed by atoms with van der Waals surface area (Å²) in [7, 11) is 0. The number of thiophene rings is 1. The van der Waals surface area contributed by atoms with Gasteiger partial charge in [0.2, 0.25) is 5.95 Å². The standard InChI is InChI=1S/C13H19N3S/c1-3-8-16-9-7-14-13(16)15-11(4-2)12-6-5-10-17-12/h5-7,9-11H,3-4,8H2,1-2H3,(H,14,15). The van der Waals surface area contributed by atoms with Gasteiger partial charge in [0.05, 0.1) is 6.04 Å². The van der Waals surface area contributed by atoms with Crippen LogP contribution in [0.15, 0.2) is 29.9 Å². The molecule has 1 N–H and O–H groups in total. The Morgan fingerprint density at radius 2 is 2.35 bits per heavy atom. The lowest BCUT2D eigenvalue weighted by Gasteiger charge is -2.17. The third kappa shape index (κ3) is 2.88. The van der Waals surface area contributed by atoms with Crippen molar-refractivity contribution in [3.63, 3.8) is 0 Å². The molecule has 0 amide bonds. The molecular weight excluding hydrogens is 230 g/mol. The number of hydrogen-bond acceptors (Lipinski definition) is 3. The summed E-state index contributed by atoms with van der Waals surface area (Å²) in [5, 5.41) is 5.65. The highest BCUT2D eigenvalue weighted by atomic mass is 32.1. The van der Waals surface area contributed by atoms with Gasteiger partial charge in [0.15, 0.2) is 0 Å². The lowest BCUT2D eigenvalue weighted by atomic mass is 10.2. The Labute approximate surface area is 107 Å². The van der Waals surface area contributed by atoms with Crippen molar-refractivity contribution in [3.8, 4) is 0 Å². The second-order valence-electron chi connectivity index (χ2n) is 4.06. The number of aromatic nitrogens is 2. The number of rotatable bonds is 6. The van der Waals surface area contributed by atoms with Crippen LogP contribution in [0.4, 0.5) is 5.95 Å². The molecule has 0 fully saturated rings. The maximum Gasteiger partial charge on any atom is 0.203 e. The molecule has 0 saturated heterocycles. The van der Waals surface area contributed by atoms with Crippen molar-refractivity contribution < 1.29 is 0 Å². The van der Waals surface area contributed by atoms with E-state index in [-0.39, 0.29) is 0 Å². The summed E-state index contributed by atoms with van der Waals surface area (Å²) in [6, 6.07) is 4.65. The monoisotopic (exact) mass is 249 g/mol. The molecule has 0 aliphatic rings. The van der Waals surface area contributed by atoms with Crippen LogP contribution in [-0.4, -0.2) is 9.55 Å². The van der Waals surface area contributed by atoms with Crippen LogP contribution in [0.5, 0.6) is 0 Å². The molecule has 0 aliphatic heterocycles. The van der Waals surface area contributed by atoms with Gasteiger partial charge in [-0.25, -0.2) is 4.98 Å². The van der Waals surface area contributed by atoms with Crippen LogP contribution in [0.25, 0.3) is 0 Å². The van der Waals surface area contributed by atoms with Gasteiger partial charge < -0.3 is 9.88 Å². The van der Waals surface area contributed by atoms with E-state index in [0.717, 1.165) is 25.3 Å². The molecule has 0 aliphatic carbocycles. The van der Waals surface area contributed by atoms with Gasteiger partial charge in [-0.15, -0.1) is 11.3 Å². The van der Waals surface area contributed by atoms with E-state index in [9.17, 15) is 0 Å². The lowest BCUT2D eigenvalue weighted by molar-refractivity contribution is 0.664. The zero-order valence-corrected chi connectivity index (χ0v) is 11.2. The minimum Gasteiger partial charge on any atom is -0.348 e. The van der Waals surface area contributed by atoms with Crippen LogP contribution in [0.3, 0.4) is 0 Å². The summed E-state index contributed by atoms with van der Waals surface area (Å²) in [6.45, 7) is 5.40. The summed E-state index contributed by atoms with van der Waals surface area (Å²) in [5.41, 5.74) is 0. The predicted molar refractivity (Wildman–Crippen MR) is 73.5 cm³/mol. The molecule has 2 rings (SSSR count). The molecule has 0 radical (unpaired) electrons. The van der Waals surface area contributed by atoms with E-state index >= 15 is 0 Å². The quantitative estimate of drug-likeness (QED) is 0.841. The van der Waals surface area contributed by atoms with Crippen LogP contribution < -0.4 is 5.32 Å². The third-order valence-corrected chi connectivity index (χ3v) is 3.76. The van der Waals surface area contributed by atoms with Gasteiger partial charge in [-0.3, -0.25) is 0 Å². The van der Waals surface area contributed by atoms with Gasteiger partial charge in [0.25, 0.3) is 0 Å². The predicted octanol–water partition coefficient (Wildman–Crippen LogP) is 3.92. The molecule has 0 bridgehead atoms. The third-order valence-electron chi connectivity index (χ3n) is 2.78. The molecule has 0 spiro atoms. The second-order valence-corrected chi connectivity index (χ2v) is 5.04. The highest BCUT2D eigenvalue weighted by molar-refractivity contribution is 7.10. The molecule has 2 aromatic rings. The molecule has 3 nitrogen and oxygen atoms in total. The van der Waals surface area contributed by atoms with E-state index in [0.29, 0.717) is 6.04 Å². The maximum atomic E-state index is 4.39. The fourth-order valence-electron chi connectivity index (χ4n) is 1.89. The van der Waals surface area contributed by atoms with E-state index in [1.807, 2.05) is 12.4 Å². The van der Waals surface area contributed by atoms with Gasteiger partial charge in [-0.1, -0.05) is 19.9 Å². The van der Waals surface area contributed by atoms with E-state index in [1.54, 1.807) is 11.3 Å². The van der Waals surface area contributed by atoms with E-state index in [2.05, 4.69) is 46.2 Å². The maximum absolute atomic E-state index is 4.39. The van der Waals surface area contributed by atoms with Gasteiger partial charge in [0.1, 0.15) is 0 Å². The van der Waals surface area contributed by atoms with Gasteiger partial charge >= 0.3 is 0 Å². The van der Waals surface area contributed by atoms with Crippen LogP contribution in [0.1, 0.15) is 37.6 Å². The Hall–Kier alpha value is -1.29. The number of nitrogens with zero attached hydrogens (tertiary/aromatic N) is 2. The topological polar surface area (TPSA) is 29.9 Å². The van der Waals surface area contributed by atoms with E-state index in [4.69, 9.17) is 0 Å². The zero-order chi connectivity index (χ0) is 12.1. The molecule has 2 aromatic heterocycles. The van der Waals surface area contributed by atoms with Gasteiger partial charge in [-0.2, -0.15) is 0 Å². The molecule has 0 saturated carbocycles. The molecule has 1 unspecified atom stereocenters. The first-order valence-electron chi connectivity index (χ1n) is 6.16. The van der Waals surface area contributed by atoms with Gasteiger partial charge in [0, 0.05) is 23.8 Å². The summed E-state index contributed by atoms with van der Waals surface area (Å²) < 4.78 is 2.18. The average molecular weight is 249 g/mol. The fraction of sp³-hybridized carbons (Fsp3) is 0.462. The summed E-state index contributed by atoms with van der Waals surface area (Å²) in [6.07, 6.45) is 6.09. The number of nitrogens with one attached hydrogen (secondary N) is 1. The second kappa shape index (κ2) is 5.87. The van der Waals surface area contributed by atoms with Crippen molar-refractivity contribution in [2.75, 3.05) is 5.32 Å². The SMILES string of the molecule is CCCn1ccnc1NC(CC)c1cccs1. The Kier molecular flexibility index (Phi) is 4.20. The lowest BCUT2D eigenvalue weighted by Crippen LogP contribution is -2.12. The molecule has 92 valence electrons. The minimum atomic E-state index is 0.369. The minimum absolute atomic E-state index is 0.369. The summed E-state index contributed by atoms with van der Waals surface area (Å²) in [5.74, 6) is 0.979. The normalized spacial score (nSPS) is 12.6. The number of hydrogen-bond donors (Lipinski definition) is 1. The molecule has 0 aromatic carbocycles. The van der Waals surface area contributed by atoms with Gasteiger partial charge in [-0.05, 0) is 24.3 Å². The Morgan fingerprint density at radius 1 is 1.47 bits per heavy atom. The van der Waals surface area contributed by atoms with Crippen LogP contribution in [0.2, 0.25) is 0 Å². The molecule has 4 heteroatoms. The molecule has 17 heavy (non-hydrogen) atoms. The first-order chi connectivity index (χ1) is 8.35. The zero-order valence-electron chi connectivity index (χ0n) is 10.4. The van der Waals surface area contributed by atoms with Crippen molar-refractivity contribution in [3.05, 3.63) is 34.8 Å². The summed E-state index contributed by atoms with van der Waals surface area (Å²) in [4.78, 5) is 5.76. The first-order valence-corrected chi connectivity index (χ1v) is 7.04. The Balaban J connectivity index is 2.10. The molecule has 2 heterocycles. The first kappa shape index (κ1) is 12.2. The van der Waals surface area contributed by atoms with Crippen molar-refractivity contribution in [1.82, 2.24) is 9.55 Å². The average Bonchev–Trinajstić information content (AvgIpc) is 2.97. The van der Waals surface area contributed by atoms with E-state index in [1.165, 1.54) is 4.88 Å². The van der Waals surface area contributed by atoms with Crippen molar-refractivity contribution >= 4 is 17.3 Å². The van der Waals surface area contributed by atoms with Crippen molar-refractivity contribution in [2.45, 2.75) is 39.3 Å². The number of anilines is 1. The fourth-order valence-corrected chi connectivity index (χ4v) is 2.75. The van der Waals surface area contributed by atoms with Crippen molar-refractivity contribution in [2.24, 2.45) is 0 Å². The molecular formula is C13H19N3S.